The standard InChI is InChI=1S/C26H21BrFN3O6/c1-3-36-24-12-16(11-20(27)25(24)37-15-17-6-4-5-7-21(17)28)10-18(14-29)26(32)30-22-9-8-19(31(33)34)13-23(22)35-2/h4-13H,3,15H2,1-2H3,(H,30,32)/b18-10+. The minimum absolute atomic E-state index is 0.0382. The van der Waals surface area contributed by atoms with Crippen molar-refractivity contribution in [1.29, 1.82) is 5.26 Å². The molecule has 0 unspecified atom stereocenters. The topological polar surface area (TPSA) is 124 Å². The molecule has 0 aromatic heterocycles. The van der Waals surface area contributed by atoms with Gasteiger partial charge in [-0.1, -0.05) is 18.2 Å². The number of benzene rings is 3. The first kappa shape index (κ1) is 27.2. The van der Waals surface area contributed by atoms with Gasteiger partial charge >= 0.3 is 0 Å². The van der Waals surface area contributed by atoms with Crippen molar-refractivity contribution < 1.29 is 28.3 Å². The zero-order valence-corrected chi connectivity index (χ0v) is 21.4. The molecule has 1 N–H and O–H groups in total. The summed E-state index contributed by atoms with van der Waals surface area (Å²) >= 11 is 3.42. The Kier molecular flexibility index (Phi) is 9.18. The number of carbonyl (C=O) groups is 1. The Morgan fingerprint density at radius 3 is 2.59 bits per heavy atom. The Bertz CT molecular complexity index is 1400. The van der Waals surface area contributed by atoms with E-state index >= 15 is 0 Å². The molecule has 0 saturated heterocycles. The molecule has 0 bridgehead atoms. The van der Waals surface area contributed by atoms with E-state index in [0.717, 1.165) is 6.07 Å². The van der Waals surface area contributed by atoms with Crippen LogP contribution in [0.3, 0.4) is 0 Å². The summed E-state index contributed by atoms with van der Waals surface area (Å²) in [6.07, 6.45) is 1.35. The third-order valence-electron chi connectivity index (χ3n) is 4.98. The summed E-state index contributed by atoms with van der Waals surface area (Å²) in [5.74, 6) is -0.415. The highest BCUT2D eigenvalue weighted by molar-refractivity contribution is 9.10. The van der Waals surface area contributed by atoms with Crippen LogP contribution in [0, 0.1) is 27.3 Å². The van der Waals surface area contributed by atoms with Crippen molar-refractivity contribution in [3.8, 4) is 23.3 Å². The summed E-state index contributed by atoms with van der Waals surface area (Å²) in [4.78, 5) is 23.2. The first-order valence-corrected chi connectivity index (χ1v) is 11.6. The monoisotopic (exact) mass is 569 g/mol. The molecule has 0 aliphatic carbocycles. The number of nitrogens with one attached hydrogen (secondary N) is 1. The lowest BCUT2D eigenvalue weighted by atomic mass is 10.1. The largest absolute Gasteiger partial charge is 0.494 e. The normalized spacial score (nSPS) is 10.8. The van der Waals surface area contributed by atoms with E-state index in [2.05, 4.69) is 21.2 Å². The molecule has 0 spiro atoms. The number of non-ortho nitro benzene ring substituents is 1. The number of methoxy groups -OCH3 is 1. The molecular formula is C26H21BrFN3O6. The quantitative estimate of drug-likeness (QED) is 0.137. The van der Waals surface area contributed by atoms with Crippen molar-refractivity contribution in [3.05, 3.63) is 91.7 Å². The van der Waals surface area contributed by atoms with Crippen LogP contribution in [0.4, 0.5) is 15.8 Å². The number of carbonyl (C=O) groups excluding carboxylic acids is 1. The third kappa shape index (κ3) is 6.83. The number of nitro benzene ring substituents is 1. The number of nitrogens with zero attached hydrogens (tertiary/aromatic N) is 2. The predicted molar refractivity (Wildman–Crippen MR) is 138 cm³/mol. The Balaban J connectivity index is 1.87. The third-order valence-corrected chi connectivity index (χ3v) is 5.57. The number of nitro groups is 1. The van der Waals surface area contributed by atoms with Gasteiger partial charge in [0.15, 0.2) is 11.5 Å². The molecule has 0 saturated carbocycles. The van der Waals surface area contributed by atoms with Crippen molar-refractivity contribution in [1.82, 2.24) is 0 Å². The predicted octanol–water partition coefficient (Wildman–Crippen LogP) is 6.03. The van der Waals surface area contributed by atoms with E-state index in [1.54, 1.807) is 37.3 Å². The molecule has 11 heteroatoms. The first-order valence-electron chi connectivity index (χ1n) is 10.9. The summed E-state index contributed by atoms with van der Waals surface area (Å²) in [6, 6.07) is 15.0. The van der Waals surface area contributed by atoms with Crippen LogP contribution in [0.5, 0.6) is 17.2 Å². The molecule has 37 heavy (non-hydrogen) atoms. The number of amides is 1. The van der Waals surface area contributed by atoms with Gasteiger partial charge in [0.1, 0.15) is 29.8 Å². The first-order chi connectivity index (χ1) is 17.8. The lowest BCUT2D eigenvalue weighted by Gasteiger charge is -2.15. The van der Waals surface area contributed by atoms with Gasteiger partial charge in [-0.25, -0.2) is 4.39 Å². The molecule has 0 heterocycles. The summed E-state index contributed by atoms with van der Waals surface area (Å²) in [5, 5.41) is 23.1. The number of rotatable bonds is 10. The summed E-state index contributed by atoms with van der Waals surface area (Å²) < 4.78 is 31.1. The van der Waals surface area contributed by atoms with Crippen molar-refractivity contribution in [2.45, 2.75) is 13.5 Å². The number of ether oxygens (including phenoxy) is 3. The smallest absolute Gasteiger partial charge is 0.273 e. The maximum Gasteiger partial charge on any atom is 0.273 e. The van der Waals surface area contributed by atoms with E-state index in [-0.39, 0.29) is 29.3 Å². The maximum absolute atomic E-state index is 14.0. The molecule has 0 aliphatic heterocycles. The van der Waals surface area contributed by atoms with Crippen LogP contribution in [-0.4, -0.2) is 24.5 Å². The lowest BCUT2D eigenvalue weighted by Crippen LogP contribution is -2.14. The second-order valence-corrected chi connectivity index (χ2v) is 8.26. The van der Waals surface area contributed by atoms with Crippen molar-refractivity contribution >= 4 is 39.3 Å². The van der Waals surface area contributed by atoms with Gasteiger partial charge in [0.2, 0.25) is 0 Å². The average molecular weight is 570 g/mol. The van der Waals surface area contributed by atoms with Gasteiger partial charge in [-0.05, 0) is 58.8 Å². The number of nitriles is 1. The van der Waals surface area contributed by atoms with Crippen LogP contribution in [0.25, 0.3) is 6.08 Å². The zero-order chi connectivity index (χ0) is 26.9. The molecule has 0 atom stereocenters. The van der Waals surface area contributed by atoms with Crippen LogP contribution in [-0.2, 0) is 11.4 Å². The SMILES string of the molecule is CCOc1cc(/C=C(\C#N)C(=O)Nc2ccc([N+](=O)[O-])cc2OC)cc(Br)c1OCc1ccccc1F. The molecule has 1 amide bonds. The molecule has 9 nitrogen and oxygen atoms in total. The van der Waals surface area contributed by atoms with E-state index in [1.807, 2.05) is 6.07 Å². The number of halogens is 2. The molecule has 0 aliphatic rings. The van der Waals surface area contributed by atoms with Crippen LogP contribution >= 0.6 is 15.9 Å². The fraction of sp³-hybridized carbons (Fsp3) is 0.154. The Labute approximate surface area is 220 Å². The average Bonchev–Trinajstić information content (AvgIpc) is 2.87. The molecule has 0 radical (unpaired) electrons. The van der Waals surface area contributed by atoms with Crippen LogP contribution in [0.1, 0.15) is 18.1 Å². The molecule has 3 aromatic rings. The summed E-state index contributed by atoms with van der Waals surface area (Å²) in [5.41, 5.74) is 0.528. The summed E-state index contributed by atoms with van der Waals surface area (Å²) in [6.45, 7) is 2.05. The van der Waals surface area contributed by atoms with Crippen molar-refractivity contribution in [2.24, 2.45) is 0 Å². The summed E-state index contributed by atoms with van der Waals surface area (Å²) in [7, 11) is 1.30. The van der Waals surface area contributed by atoms with Crippen LogP contribution < -0.4 is 19.5 Å². The zero-order valence-electron chi connectivity index (χ0n) is 19.8. The highest BCUT2D eigenvalue weighted by Crippen LogP contribution is 2.38. The fourth-order valence-electron chi connectivity index (χ4n) is 3.24. The fourth-order valence-corrected chi connectivity index (χ4v) is 3.82. The Hall–Kier alpha value is -4.43. The second kappa shape index (κ2) is 12.5. The van der Waals surface area contributed by atoms with E-state index in [4.69, 9.17) is 14.2 Å². The molecule has 3 rings (SSSR count). The molecule has 190 valence electrons. The van der Waals surface area contributed by atoms with Crippen LogP contribution in [0.15, 0.2) is 64.6 Å². The molecular weight excluding hydrogens is 549 g/mol. The lowest BCUT2D eigenvalue weighted by molar-refractivity contribution is -0.384. The van der Waals surface area contributed by atoms with E-state index in [0.29, 0.717) is 33.7 Å². The Morgan fingerprint density at radius 1 is 1.19 bits per heavy atom. The van der Waals surface area contributed by atoms with Gasteiger partial charge in [-0.3, -0.25) is 14.9 Å². The second-order valence-electron chi connectivity index (χ2n) is 7.41. The van der Waals surface area contributed by atoms with Gasteiger partial charge in [0.25, 0.3) is 11.6 Å². The Morgan fingerprint density at radius 2 is 1.95 bits per heavy atom. The van der Waals surface area contributed by atoms with Gasteiger partial charge in [0, 0.05) is 11.6 Å². The number of hydrogen-bond donors (Lipinski definition) is 1. The van der Waals surface area contributed by atoms with Gasteiger partial charge in [-0.15, -0.1) is 0 Å². The van der Waals surface area contributed by atoms with E-state index in [1.165, 1.54) is 31.4 Å². The van der Waals surface area contributed by atoms with Gasteiger partial charge in [0.05, 0.1) is 34.9 Å². The molecule has 0 fully saturated rings. The molecule has 3 aromatic carbocycles. The van der Waals surface area contributed by atoms with E-state index < -0.39 is 16.6 Å². The van der Waals surface area contributed by atoms with Gasteiger partial charge in [-0.2, -0.15) is 5.26 Å². The van der Waals surface area contributed by atoms with Gasteiger partial charge < -0.3 is 19.5 Å². The minimum Gasteiger partial charge on any atom is -0.494 e. The highest BCUT2D eigenvalue weighted by atomic mass is 79.9. The number of hydrogen-bond acceptors (Lipinski definition) is 7. The van der Waals surface area contributed by atoms with Crippen molar-refractivity contribution in [2.75, 3.05) is 19.0 Å². The van der Waals surface area contributed by atoms with E-state index in [9.17, 15) is 24.6 Å². The minimum atomic E-state index is -0.747. The van der Waals surface area contributed by atoms with Crippen LogP contribution in [0.2, 0.25) is 0 Å². The number of anilines is 1. The highest BCUT2D eigenvalue weighted by Gasteiger charge is 2.18. The maximum atomic E-state index is 14.0. The van der Waals surface area contributed by atoms with Crippen molar-refractivity contribution in [3.63, 3.8) is 0 Å².